The number of hydrogen-bond acceptors (Lipinski definition) is 2. The molecule has 2 heteroatoms. The van der Waals surface area contributed by atoms with Crippen molar-refractivity contribution in [3.63, 3.8) is 0 Å². The van der Waals surface area contributed by atoms with Gasteiger partial charge in [0.2, 0.25) is 0 Å². The molecule has 0 atom stereocenters. The van der Waals surface area contributed by atoms with E-state index in [9.17, 15) is 0 Å². The quantitative estimate of drug-likeness (QED) is 0.152. The molecule has 0 saturated carbocycles. The molecule has 1 aromatic heterocycles. The van der Waals surface area contributed by atoms with E-state index in [1.54, 1.807) is 0 Å². The summed E-state index contributed by atoms with van der Waals surface area (Å²) >= 11 is 0. The summed E-state index contributed by atoms with van der Waals surface area (Å²) in [5, 5.41) is 7.06. The van der Waals surface area contributed by atoms with Gasteiger partial charge in [0.25, 0.3) is 0 Å². The van der Waals surface area contributed by atoms with Gasteiger partial charge >= 0.3 is 0 Å². The van der Waals surface area contributed by atoms with Gasteiger partial charge in [-0.3, -0.25) is 0 Å². The number of rotatable bonds is 8. The van der Waals surface area contributed by atoms with Gasteiger partial charge < -0.3 is 9.32 Å². The first kappa shape index (κ1) is 37.3. The lowest BCUT2D eigenvalue weighted by Crippen LogP contribution is -2.09. The van der Waals surface area contributed by atoms with Gasteiger partial charge in [0.05, 0.1) is 0 Å². The van der Waals surface area contributed by atoms with Crippen molar-refractivity contribution >= 4 is 60.5 Å². The van der Waals surface area contributed by atoms with Crippen LogP contribution < -0.4 is 4.90 Å². The molecular weight excluding hydrogens is 775 g/mol. The van der Waals surface area contributed by atoms with Gasteiger partial charge in [-0.1, -0.05) is 188 Å². The minimum absolute atomic E-state index is 0.895. The Morgan fingerprint density at radius 1 is 0.266 bits per heavy atom. The van der Waals surface area contributed by atoms with E-state index in [-0.39, 0.29) is 0 Å². The van der Waals surface area contributed by atoms with Crippen LogP contribution in [0.2, 0.25) is 0 Å². The molecule has 0 aliphatic heterocycles. The predicted molar refractivity (Wildman–Crippen MR) is 271 cm³/mol. The van der Waals surface area contributed by atoms with Crippen LogP contribution in [0.15, 0.2) is 253 Å². The summed E-state index contributed by atoms with van der Waals surface area (Å²) in [7, 11) is 0. The van der Waals surface area contributed by atoms with Gasteiger partial charge in [0, 0.05) is 33.2 Å². The fourth-order valence-electron chi connectivity index (χ4n) is 9.46. The second-order valence-corrected chi connectivity index (χ2v) is 16.5. The average Bonchev–Trinajstić information content (AvgIpc) is 3.77. The Kier molecular flexibility index (Phi) is 9.20. The first-order valence-electron chi connectivity index (χ1n) is 21.9. The number of fused-ring (bicyclic) bond motifs is 6. The maximum Gasteiger partial charge on any atom is 0.143 e. The molecule has 0 amide bonds. The van der Waals surface area contributed by atoms with Crippen LogP contribution in [0, 0.1) is 0 Å². The van der Waals surface area contributed by atoms with Gasteiger partial charge in [-0.2, -0.15) is 0 Å². The number of hydrogen-bond donors (Lipinski definition) is 0. The van der Waals surface area contributed by atoms with E-state index in [4.69, 9.17) is 4.42 Å². The SMILES string of the molecule is c1ccc(-c2ccc(-c3ccc(N(c4ccc(-c5ccc6ccccc6c5)cc4)c4ccc(-c5cccc6oc7c8ccccc8ccc7c56)cc4)cc3)cc2-c2ccccc2)cc1. The summed E-state index contributed by atoms with van der Waals surface area (Å²) in [5.74, 6) is 0. The Morgan fingerprint density at radius 2 is 0.766 bits per heavy atom. The maximum absolute atomic E-state index is 6.56. The van der Waals surface area contributed by atoms with Crippen LogP contribution in [0.25, 0.3) is 99.1 Å². The van der Waals surface area contributed by atoms with Gasteiger partial charge in [-0.05, 0) is 132 Å². The molecule has 64 heavy (non-hydrogen) atoms. The Balaban J connectivity index is 0.937. The van der Waals surface area contributed by atoms with E-state index in [0.29, 0.717) is 0 Å². The van der Waals surface area contributed by atoms with Gasteiger partial charge in [0.1, 0.15) is 11.2 Å². The largest absolute Gasteiger partial charge is 0.455 e. The fraction of sp³-hybridized carbons (Fsp3) is 0. The van der Waals surface area contributed by atoms with E-state index in [1.165, 1.54) is 55.1 Å². The summed E-state index contributed by atoms with van der Waals surface area (Å²) in [4.78, 5) is 2.35. The minimum atomic E-state index is 0.895. The lowest BCUT2D eigenvalue weighted by atomic mass is 9.91. The zero-order valence-corrected chi connectivity index (χ0v) is 35.0. The van der Waals surface area contributed by atoms with Crippen LogP contribution in [0.4, 0.5) is 17.1 Å². The molecule has 0 fully saturated rings. The molecule has 0 bridgehead atoms. The lowest BCUT2D eigenvalue weighted by Gasteiger charge is -2.26. The molecule has 0 saturated heterocycles. The highest BCUT2D eigenvalue weighted by molar-refractivity contribution is 6.19. The molecule has 1 heterocycles. The molecule has 300 valence electrons. The molecule has 12 rings (SSSR count). The molecule has 2 nitrogen and oxygen atoms in total. The summed E-state index contributed by atoms with van der Waals surface area (Å²) in [6.45, 7) is 0. The van der Waals surface area contributed by atoms with Crippen LogP contribution in [-0.4, -0.2) is 0 Å². The van der Waals surface area contributed by atoms with E-state index in [0.717, 1.165) is 61.1 Å². The lowest BCUT2D eigenvalue weighted by molar-refractivity contribution is 0.673. The van der Waals surface area contributed by atoms with Crippen LogP contribution in [-0.2, 0) is 0 Å². The van der Waals surface area contributed by atoms with E-state index >= 15 is 0 Å². The minimum Gasteiger partial charge on any atom is -0.455 e. The van der Waals surface area contributed by atoms with Crippen LogP contribution in [0.3, 0.4) is 0 Å². The van der Waals surface area contributed by atoms with Gasteiger partial charge in [-0.25, -0.2) is 0 Å². The molecule has 0 radical (unpaired) electrons. The third-order valence-corrected chi connectivity index (χ3v) is 12.7. The van der Waals surface area contributed by atoms with Crippen molar-refractivity contribution < 1.29 is 4.42 Å². The Bertz CT molecular complexity index is 3630. The second kappa shape index (κ2) is 15.8. The monoisotopic (exact) mass is 815 g/mol. The zero-order chi connectivity index (χ0) is 42.4. The molecular formula is C62H41NO. The molecule has 12 aromatic rings. The maximum atomic E-state index is 6.56. The van der Waals surface area contributed by atoms with Crippen LogP contribution in [0.1, 0.15) is 0 Å². The van der Waals surface area contributed by atoms with Crippen LogP contribution >= 0.6 is 0 Å². The normalized spacial score (nSPS) is 11.4. The van der Waals surface area contributed by atoms with Crippen molar-refractivity contribution in [1.29, 1.82) is 0 Å². The first-order chi connectivity index (χ1) is 31.7. The fourth-order valence-corrected chi connectivity index (χ4v) is 9.46. The molecule has 0 N–H and O–H groups in total. The van der Waals surface area contributed by atoms with Crippen LogP contribution in [0.5, 0.6) is 0 Å². The molecule has 0 unspecified atom stereocenters. The molecule has 11 aromatic carbocycles. The van der Waals surface area contributed by atoms with Crippen molar-refractivity contribution in [2.75, 3.05) is 4.90 Å². The summed E-state index contributed by atoms with van der Waals surface area (Å²) in [5.41, 5.74) is 16.9. The molecule has 0 aliphatic rings. The van der Waals surface area contributed by atoms with Crippen molar-refractivity contribution in [3.05, 3.63) is 249 Å². The number of benzene rings is 11. The summed E-state index contributed by atoms with van der Waals surface area (Å²) in [6, 6.07) is 89.6. The third-order valence-electron chi connectivity index (χ3n) is 12.7. The average molecular weight is 816 g/mol. The predicted octanol–water partition coefficient (Wildman–Crippen LogP) is 17.7. The van der Waals surface area contributed by atoms with Crippen molar-refractivity contribution in [2.45, 2.75) is 0 Å². The number of furan rings is 1. The van der Waals surface area contributed by atoms with E-state index in [1.807, 2.05) is 0 Å². The first-order valence-corrected chi connectivity index (χ1v) is 21.9. The number of nitrogens with zero attached hydrogens (tertiary/aromatic N) is 1. The Morgan fingerprint density at radius 3 is 1.44 bits per heavy atom. The molecule has 0 spiro atoms. The van der Waals surface area contributed by atoms with E-state index < -0.39 is 0 Å². The smallest absolute Gasteiger partial charge is 0.143 e. The Labute approximate surface area is 372 Å². The van der Waals surface area contributed by atoms with Crippen molar-refractivity contribution in [3.8, 4) is 55.6 Å². The zero-order valence-electron chi connectivity index (χ0n) is 35.0. The van der Waals surface area contributed by atoms with Gasteiger partial charge in [-0.15, -0.1) is 0 Å². The van der Waals surface area contributed by atoms with E-state index in [2.05, 4.69) is 254 Å². The highest BCUT2D eigenvalue weighted by atomic mass is 16.3. The molecule has 0 aliphatic carbocycles. The highest BCUT2D eigenvalue weighted by Crippen LogP contribution is 2.43. The van der Waals surface area contributed by atoms with Crippen molar-refractivity contribution in [1.82, 2.24) is 0 Å². The highest BCUT2D eigenvalue weighted by Gasteiger charge is 2.18. The second-order valence-electron chi connectivity index (χ2n) is 16.5. The number of anilines is 3. The summed E-state index contributed by atoms with van der Waals surface area (Å²) in [6.07, 6.45) is 0. The standard InChI is InChI=1S/C62H41NO/c1-3-13-45(14-4-1)55-38-31-51(41-59(55)46-15-5-2-6-16-46)44-26-34-53(35-27-44)63(52-32-24-43(25-33-52)50-23-22-42-12-7-8-18-49(42)40-50)54-36-28-48(29-37-54)56-20-11-21-60-61(56)58-39-30-47-17-9-10-19-57(47)62(58)64-60/h1-41H. The summed E-state index contributed by atoms with van der Waals surface area (Å²) < 4.78 is 6.56. The topological polar surface area (TPSA) is 16.4 Å². The third kappa shape index (κ3) is 6.70. The van der Waals surface area contributed by atoms with Gasteiger partial charge in [0.15, 0.2) is 0 Å². The Hall–Kier alpha value is -8.46. The van der Waals surface area contributed by atoms with Crippen molar-refractivity contribution in [2.24, 2.45) is 0 Å².